The normalized spacial score (nSPS) is 16.9. The number of hydrogen-bond donors (Lipinski definition) is 1. The van der Waals surface area contributed by atoms with Crippen molar-refractivity contribution in [1.29, 1.82) is 0 Å². The summed E-state index contributed by atoms with van der Waals surface area (Å²) in [7, 11) is -4.08. The molecule has 200 valence electrons. The van der Waals surface area contributed by atoms with Gasteiger partial charge >= 0.3 is 13.6 Å². The second kappa shape index (κ2) is 12.6. The summed E-state index contributed by atoms with van der Waals surface area (Å²) in [5, 5.41) is 22.0. The molecule has 1 aliphatic heterocycles. The standard InChI is InChI=1S/C25H37N2O8P/c1-8-13-33-14-12-26-18(6)22(25(28)29)23(20-10-9-11-21(15-20)27(30)31)24(19(26)7)36(32,34-16(2)3)35-17(4)5/h9-11,15-17,23H,8,12-14H2,1-7H3,(H,28,29). The topological polar surface area (TPSA) is 128 Å². The van der Waals surface area contributed by atoms with Gasteiger partial charge < -0.3 is 23.8 Å². The molecule has 0 aliphatic carbocycles. The quantitative estimate of drug-likeness (QED) is 0.142. The van der Waals surface area contributed by atoms with Crippen molar-refractivity contribution >= 4 is 19.3 Å². The van der Waals surface area contributed by atoms with E-state index in [4.69, 9.17) is 13.8 Å². The molecule has 1 aliphatic rings. The molecule has 1 unspecified atom stereocenters. The third kappa shape index (κ3) is 6.82. The van der Waals surface area contributed by atoms with Gasteiger partial charge in [-0.3, -0.25) is 14.7 Å². The summed E-state index contributed by atoms with van der Waals surface area (Å²) in [5.41, 5.74) is 1.01. The number of carboxylic acid groups (broad SMARTS) is 1. The molecule has 1 atom stereocenters. The molecule has 0 saturated heterocycles. The van der Waals surface area contributed by atoms with E-state index < -0.39 is 36.6 Å². The van der Waals surface area contributed by atoms with Crippen LogP contribution >= 0.6 is 7.60 Å². The highest BCUT2D eigenvalue weighted by molar-refractivity contribution is 7.58. The van der Waals surface area contributed by atoms with Crippen molar-refractivity contribution in [2.45, 2.75) is 73.0 Å². The third-order valence-electron chi connectivity index (χ3n) is 5.58. The first kappa shape index (κ1) is 29.7. The molecule has 0 aromatic heterocycles. The summed E-state index contributed by atoms with van der Waals surface area (Å²) in [5.74, 6) is -2.31. The number of non-ortho nitro benzene ring substituents is 1. The molecular weight excluding hydrogens is 487 g/mol. The number of carbonyl (C=O) groups is 1. The minimum Gasteiger partial charge on any atom is -0.478 e. The summed E-state index contributed by atoms with van der Waals surface area (Å²) in [6.45, 7) is 13.5. The Hall–Kier alpha value is -2.52. The van der Waals surface area contributed by atoms with Crippen molar-refractivity contribution < 1.29 is 33.2 Å². The fourth-order valence-corrected chi connectivity index (χ4v) is 6.80. The molecule has 0 saturated carbocycles. The number of rotatable bonds is 13. The van der Waals surface area contributed by atoms with Crippen molar-refractivity contribution in [3.63, 3.8) is 0 Å². The first-order chi connectivity index (χ1) is 16.8. The zero-order valence-corrected chi connectivity index (χ0v) is 22.9. The lowest BCUT2D eigenvalue weighted by molar-refractivity contribution is -0.384. The molecule has 0 amide bonds. The molecule has 0 radical (unpaired) electrons. The van der Waals surface area contributed by atoms with Crippen molar-refractivity contribution in [3.8, 4) is 0 Å². The Morgan fingerprint density at radius 3 is 2.25 bits per heavy atom. The van der Waals surface area contributed by atoms with E-state index in [1.165, 1.54) is 18.2 Å². The Morgan fingerprint density at radius 1 is 1.14 bits per heavy atom. The minimum atomic E-state index is -4.08. The Labute approximate surface area is 212 Å². The Bertz CT molecular complexity index is 1070. The number of hydrogen-bond acceptors (Lipinski definition) is 8. The van der Waals surface area contributed by atoms with Gasteiger partial charge in [0.15, 0.2) is 0 Å². The van der Waals surface area contributed by atoms with Crippen LogP contribution in [-0.2, 0) is 23.1 Å². The van der Waals surface area contributed by atoms with E-state index in [9.17, 15) is 24.6 Å². The summed E-state index contributed by atoms with van der Waals surface area (Å²) >= 11 is 0. The van der Waals surface area contributed by atoms with Crippen molar-refractivity contribution in [3.05, 3.63) is 62.2 Å². The lowest BCUT2D eigenvalue weighted by Crippen LogP contribution is -2.35. The average molecular weight is 525 g/mol. The van der Waals surface area contributed by atoms with Crippen LogP contribution in [0.3, 0.4) is 0 Å². The van der Waals surface area contributed by atoms with Crippen LogP contribution in [-0.4, -0.2) is 52.9 Å². The predicted octanol–water partition coefficient (Wildman–Crippen LogP) is 6.05. The van der Waals surface area contributed by atoms with Gasteiger partial charge in [-0.15, -0.1) is 0 Å². The molecule has 0 bridgehead atoms. The van der Waals surface area contributed by atoms with E-state index >= 15 is 0 Å². The number of nitrogens with zero attached hydrogens (tertiary/aromatic N) is 2. The highest BCUT2D eigenvalue weighted by Crippen LogP contribution is 2.66. The van der Waals surface area contributed by atoms with E-state index in [2.05, 4.69) is 0 Å². The van der Waals surface area contributed by atoms with Gasteiger partial charge in [-0.2, -0.15) is 0 Å². The molecule has 2 rings (SSSR count). The molecule has 11 heteroatoms. The number of nitro benzene ring substituents is 1. The lowest BCUT2D eigenvalue weighted by atomic mass is 9.85. The molecular formula is C25H37N2O8P. The maximum absolute atomic E-state index is 14.5. The molecule has 10 nitrogen and oxygen atoms in total. The Morgan fingerprint density at radius 2 is 1.75 bits per heavy atom. The molecule has 1 aromatic carbocycles. The van der Waals surface area contributed by atoms with Crippen LogP contribution in [0.1, 0.15) is 66.4 Å². The van der Waals surface area contributed by atoms with Crippen LogP contribution in [0, 0.1) is 10.1 Å². The van der Waals surface area contributed by atoms with Gasteiger partial charge in [-0.1, -0.05) is 19.1 Å². The maximum atomic E-state index is 14.5. The fourth-order valence-electron chi connectivity index (χ4n) is 4.30. The smallest absolute Gasteiger partial charge is 0.360 e. The first-order valence-corrected chi connectivity index (χ1v) is 13.6. The number of carboxylic acids is 1. The summed E-state index contributed by atoms with van der Waals surface area (Å²) in [6, 6.07) is 5.71. The summed E-state index contributed by atoms with van der Waals surface area (Å²) in [6.07, 6.45) is -0.159. The largest absolute Gasteiger partial charge is 0.478 e. The number of allylic oxidation sites excluding steroid dienone is 3. The van der Waals surface area contributed by atoms with E-state index in [-0.39, 0.29) is 16.6 Å². The van der Waals surface area contributed by atoms with Crippen LogP contribution < -0.4 is 0 Å². The second-order valence-electron chi connectivity index (χ2n) is 9.13. The lowest BCUT2D eigenvalue weighted by Gasteiger charge is -2.40. The van der Waals surface area contributed by atoms with Crippen LogP contribution in [0.5, 0.6) is 0 Å². The highest BCUT2D eigenvalue weighted by Gasteiger charge is 2.47. The van der Waals surface area contributed by atoms with Gasteiger partial charge in [0.25, 0.3) is 5.69 Å². The molecule has 0 fully saturated rings. The molecule has 1 aromatic rings. The van der Waals surface area contributed by atoms with Crippen LogP contribution in [0.15, 0.2) is 46.5 Å². The van der Waals surface area contributed by atoms with Gasteiger partial charge in [0.1, 0.15) is 0 Å². The van der Waals surface area contributed by atoms with Crippen molar-refractivity contribution in [2.24, 2.45) is 0 Å². The number of aliphatic carboxylic acids is 1. The van der Waals surface area contributed by atoms with Gasteiger partial charge in [0.2, 0.25) is 0 Å². The SMILES string of the molecule is CCCOCCN1C(C)=C(C(=O)O)C(c2cccc([N+](=O)[O-])c2)C(P(=O)(OC(C)C)OC(C)C)=C1C. The van der Waals surface area contributed by atoms with E-state index in [0.717, 1.165) is 6.42 Å². The molecule has 1 heterocycles. The zero-order valence-electron chi connectivity index (χ0n) is 22.0. The van der Waals surface area contributed by atoms with Crippen LogP contribution in [0.25, 0.3) is 0 Å². The molecule has 1 N–H and O–H groups in total. The Balaban J connectivity index is 2.86. The van der Waals surface area contributed by atoms with Gasteiger partial charge in [-0.25, -0.2) is 4.79 Å². The molecule has 0 spiro atoms. The zero-order chi connectivity index (χ0) is 27.2. The maximum Gasteiger partial charge on any atom is 0.360 e. The third-order valence-corrected chi connectivity index (χ3v) is 8.15. The Kier molecular flexibility index (Phi) is 10.4. The fraction of sp³-hybridized carbons (Fsp3) is 0.560. The number of nitro groups is 1. The monoisotopic (exact) mass is 524 g/mol. The van der Waals surface area contributed by atoms with Gasteiger partial charge in [0, 0.05) is 36.7 Å². The second-order valence-corrected chi connectivity index (χ2v) is 11.0. The van der Waals surface area contributed by atoms with E-state index in [1.54, 1.807) is 52.5 Å². The molecule has 36 heavy (non-hydrogen) atoms. The van der Waals surface area contributed by atoms with Crippen LogP contribution in [0.4, 0.5) is 5.69 Å². The number of ether oxygens (including phenoxy) is 1. The van der Waals surface area contributed by atoms with E-state index in [1.807, 2.05) is 6.92 Å². The van der Waals surface area contributed by atoms with Gasteiger partial charge in [-0.05, 0) is 53.5 Å². The van der Waals surface area contributed by atoms with Gasteiger partial charge in [0.05, 0.1) is 40.5 Å². The number of benzene rings is 1. The minimum absolute atomic E-state index is 0.0495. The highest BCUT2D eigenvalue weighted by atomic mass is 31.2. The van der Waals surface area contributed by atoms with E-state index in [0.29, 0.717) is 36.7 Å². The first-order valence-electron chi connectivity index (χ1n) is 12.1. The average Bonchev–Trinajstić information content (AvgIpc) is 2.76. The predicted molar refractivity (Wildman–Crippen MR) is 137 cm³/mol. The summed E-state index contributed by atoms with van der Waals surface area (Å²) in [4.78, 5) is 25.4. The van der Waals surface area contributed by atoms with Crippen molar-refractivity contribution in [1.82, 2.24) is 4.90 Å². The van der Waals surface area contributed by atoms with Crippen LogP contribution in [0.2, 0.25) is 0 Å². The summed E-state index contributed by atoms with van der Waals surface area (Å²) < 4.78 is 32.0. The van der Waals surface area contributed by atoms with Crippen molar-refractivity contribution in [2.75, 3.05) is 19.8 Å².